The van der Waals surface area contributed by atoms with E-state index in [0.717, 1.165) is 5.56 Å². The highest BCUT2D eigenvalue weighted by Crippen LogP contribution is 2.36. The van der Waals surface area contributed by atoms with Crippen molar-refractivity contribution >= 4 is 23.1 Å². The molecule has 0 aliphatic rings. The summed E-state index contributed by atoms with van der Waals surface area (Å²) in [4.78, 5) is 11.8. The van der Waals surface area contributed by atoms with E-state index < -0.39 is 0 Å². The standard InChI is InChI=1S/C19H19ClN2O3/c1-4-25-19-16(20)7-14(9-18(19)24-3)11-22-17-8-13(10-21)5-6-15(17)12(2)23/h5-9,22H,4,11H2,1-3H3. The molecule has 25 heavy (non-hydrogen) atoms. The molecule has 0 aromatic heterocycles. The van der Waals surface area contributed by atoms with E-state index in [-0.39, 0.29) is 5.78 Å². The van der Waals surface area contributed by atoms with Gasteiger partial charge in [0, 0.05) is 17.8 Å². The van der Waals surface area contributed by atoms with Gasteiger partial charge in [-0.2, -0.15) is 5.26 Å². The van der Waals surface area contributed by atoms with Crippen molar-refractivity contribution in [2.45, 2.75) is 20.4 Å². The molecule has 0 aliphatic carbocycles. The normalized spacial score (nSPS) is 10.0. The maximum atomic E-state index is 11.8. The van der Waals surface area contributed by atoms with Crippen molar-refractivity contribution < 1.29 is 14.3 Å². The number of methoxy groups -OCH3 is 1. The molecular weight excluding hydrogens is 340 g/mol. The number of benzene rings is 2. The lowest BCUT2D eigenvalue weighted by Gasteiger charge is -2.15. The molecule has 1 N–H and O–H groups in total. The van der Waals surface area contributed by atoms with Crippen LogP contribution in [0.1, 0.15) is 35.3 Å². The Hall–Kier alpha value is -2.71. The summed E-state index contributed by atoms with van der Waals surface area (Å²) in [6.07, 6.45) is 0. The smallest absolute Gasteiger partial charge is 0.179 e. The Bertz CT molecular complexity index is 828. The Balaban J connectivity index is 2.29. The maximum absolute atomic E-state index is 11.8. The van der Waals surface area contributed by atoms with E-state index >= 15 is 0 Å². The van der Waals surface area contributed by atoms with Gasteiger partial charge in [-0.05, 0) is 49.7 Å². The summed E-state index contributed by atoms with van der Waals surface area (Å²) < 4.78 is 10.8. The van der Waals surface area contributed by atoms with Crippen LogP contribution in [0.2, 0.25) is 5.02 Å². The molecule has 6 heteroatoms. The molecule has 130 valence electrons. The number of halogens is 1. The SMILES string of the molecule is CCOc1c(Cl)cc(CNc2cc(C#N)ccc2C(C)=O)cc1OC. The van der Waals surface area contributed by atoms with Crippen LogP contribution in [-0.4, -0.2) is 19.5 Å². The molecule has 0 bridgehead atoms. The molecular formula is C19H19ClN2O3. The van der Waals surface area contributed by atoms with Crippen LogP contribution in [0.25, 0.3) is 0 Å². The van der Waals surface area contributed by atoms with Crippen LogP contribution in [0.5, 0.6) is 11.5 Å². The number of carbonyl (C=O) groups excluding carboxylic acids is 1. The number of hydrogen-bond donors (Lipinski definition) is 1. The molecule has 0 amide bonds. The molecule has 5 nitrogen and oxygen atoms in total. The number of hydrogen-bond acceptors (Lipinski definition) is 5. The van der Waals surface area contributed by atoms with E-state index in [1.807, 2.05) is 13.0 Å². The first-order valence-corrected chi connectivity index (χ1v) is 8.16. The van der Waals surface area contributed by atoms with Gasteiger partial charge in [0.25, 0.3) is 0 Å². The van der Waals surface area contributed by atoms with Gasteiger partial charge in [0.15, 0.2) is 17.3 Å². The third kappa shape index (κ3) is 4.43. The van der Waals surface area contributed by atoms with E-state index in [2.05, 4.69) is 11.4 Å². The number of Topliss-reactive ketones (excluding diaryl/α,β-unsaturated/α-hetero) is 1. The van der Waals surface area contributed by atoms with Crippen molar-refractivity contribution in [3.8, 4) is 17.6 Å². The highest BCUT2D eigenvalue weighted by molar-refractivity contribution is 6.32. The van der Waals surface area contributed by atoms with Crippen LogP contribution in [0.15, 0.2) is 30.3 Å². The summed E-state index contributed by atoms with van der Waals surface area (Å²) in [6, 6.07) is 10.6. The van der Waals surface area contributed by atoms with Crippen LogP contribution in [0.3, 0.4) is 0 Å². The summed E-state index contributed by atoms with van der Waals surface area (Å²) in [5.41, 5.74) is 2.48. The van der Waals surface area contributed by atoms with Gasteiger partial charge < -0.3 is 14.8 Å². The first-order valence-electron chi connectivity index (χ1n) is 7.78. The number of anilines is 1. The number of nitriles is 1. The van der Waals surface area contributed by atoms with Crippen LogP contribution in [0.4, 0.5) is 5.69 Å². The second kappa shape index (κ2) is 8.41. The lowest BCUT2D eigenvalue weighted by molar-refractivity contribution is 0.101. The zero-order chi connectivity index (χ0) is 18.4. The van der Waals surface area contributed by atoms with E-state index in [4.69, 9.17) is 26.3 Å². The van der Waals surface area contributed by atoms with Gasteiger partial charge in [-0.15, -0.1) is 0 Å². The van der Waals surface area contributed by atoms with Gasteiger partial charge >= 0.3 is 0 Å². The van der Waals surface area contributed by atoms with Gasteiger partial charge in [-0.25, -0.2) is 0 Å². The molecule has 0 spiro atoms. The van der Waals surface area contributed by atoms with Crippen LogP contribution < -0.4 is 14.8 Å². The number of ether oxygens (including phenoxy) is 2. The van der Waals surface area contributed by atoms with Gasteiger partial charge in [0.2, 0.25) is 0 Å². The summed E-state index contributed by atoms with van der Waals surface area (Å²) in [5, 5.41) is 12.7. The largest absolute Gasteiger partial charge is 0.493 e. The molecule has 2 aromatic rings. The molecule has 0 saturated carbocycles. The number of nitrogens with zero attached hydrogens (tertiary/aromatic N) is 1. The van der Waals surface area contributed by atoms with Gasteiger partial charge in [0.05, 0.1) is 30.4 Å². The average molecular weight is 359 g/mol. The second-order valence-corrected chi connectivity index (χ2v) is 5.73. The van der Waals surface area contributed by atoms with Gasteiger partial charge in [-0.3, -0.25) is 4.79 Å². The maximum Gasteiger partial charge on any atom is 0.179 e. The minimum Gasteiger partial charge on any atom is -0.493 e. The zero-order valence-electron chi connectivity index (χ0n) is 14.4. The molecule has 0 saturated heterocycles. The molecule has 0 radical (unpaired) electrons. The average Bonchev–Trinajstić information content (AvgIpc) is 2.61. The zero-order valence-corrected chi connectivity index (χ0v) is 15.1. The Kier molecular flexibility index (Phi) is 6.26. The fourth-order valence-corrected chi connectivity index (χ4v) is 2.71. The van der Waals surface area contributed by atoms with Crippen molar-refractivity contribution in [3.63, 3.8) is 0 Å². The third-order valence-corrected chi connectivity index (χ3v) is 3.87. The predicted molar refractivity (Wildman–Crippen MR) is 97.7 cm³/mol. The Morgan fingerprint density at radius 2 is 2.08 bits per heavy atom. The predicted octanol–water partition coefficient (Wildman–Crippen LogP) is 4.43. The summed E-state index contributed by atoms with van der Waals surface area (Å²) in [7, 11) is 1.55. The molecule has 0 aliphatic heterocycles. The van der Waals surface area contributed by atoms with Crippen LogP contribution in [-0.2, 0) is 6.54 Å². The molecule has 2 rings (SSSR count). The van der Waals surface area contributed by atoms with Crippen molar-refractivity contribution in [2.75, 3.05) is 19.0 Å². The van der Waals surface area contributed by atoms with E-state index in [0.29, 0.717) is 46.5 Å². The first kappa shape index (κ1) is 18.6. The number of carbonyl (C=O) groups is 1. The molecule has 0 fully saturated rings. The molecule has 0 atom stereocenters. The number of nitrogens with one attached hydrogen (secondary N) is 1. The topological polar surface area (TPSA) is 71.3 Å². The van der Waals surface area contributed by atoms with Gasteiger partial charge in [-0.1, -0.05) is 11.6 Å². The molecule has 0 heterocycles. The van der Waals surface area contributed by atoms with E-state index in [1.54, 1.807) is 31.4 Å². The van der Waals surface area contributed by atoms with Crippen molar-refractivity contribution in [3.05, 3.63) is 52.0 Å². The summed E-state index contributed by atoms with van der Waals surface area (Å²) >= 11 is 6.27. The Labute approximate surface area is 152 Å². The minimum absolute atomic E-state index is 0.0747. The lowest BCUT2D eigenvalue weighted by Crippen LogP contribution is -2.06. The third-order valence-electron chi connectivity index (χ3n) is 3.59. The van der Waals surface area contributed by atoms with Crippen LogP contribution >= 0.6 is 11.6 Å². The fourth-order valence-electron chi connectivity index (χ4n) is 2.42. The minimum atomic E-state index is -0.0747. The number of ketones is 1. The summed E-state index contributed by atoms with van der Waals surface area (Å²) in [6.45, 7) is 4.26. The van der Waals surface area contributed by atoms with Crippen molar-refractivity contribution in [2.24, 2.45) is 0 Å². The first-order chi connectivity index (χ1) is 12.0. The Morgan fingerprint density at radius 3 is 2.68 bits per heavy atom. The second-order valence-electron chi connectivity index (χ2n) is 5.32. The highest BCUT2D eigenvalue weighted by atomic mass is 35.5. The van der Waals surface area contributed by atoms with Crippen LogP contribution in [0, 0.1) is 11.3 Å². The highest BCUT2D eigenvalue weighted by Gasteiger charge is 2.13. The quantitative estimate of drug-likeness (QED) is 0.741. The lowest BCUT2D eigenvalue weighted by atomic mass is 10.1. The number of rotatable bonds is 7. The fraction of sp³-hybridized carbons (Fsp3) is 0.263. The Morgan fingerprint density at radius 1 is 1.32 bits per heavy atom. The van der Waals surface area contributed by atoms with Crippen molar-refractivity contribution in [1.29, 1.82) is 5.26 Å². The van der Waals surface area contributed by atoms with E-state index in [9.17, 15) is 4.79 Å². The van der Waals surface area contributed by atoms with Crippen molar-refractivity contribution in [1.82, 2.24) is 0 Å². The van der Waals surface area contributed by atoms with Gasteiger partial charge in [0.1, 0.15) is 0 Å². The summed E-state index contributed by atoms with van der Waals surface area (Å²) in [5.74, 6) is 0.976. The molecule has 2 aromatic carbocycles. The monoisotopic (exact) mass is 358 g/mol. The van der Waals surface area contributed by atoms with E-state index in [1.165, 1.54) is 6.92 Å². The molecule has 0 unspecified atom stereocenters.